The van der Waals surface area contributed by atoms with Gasteiger partial charge in [0.1, 0.15) is 5.75 Å². The molecule has 3 N–H and O–H groups in total. The van der Waals surface area contributed by atoms with Crippen molar-refractivity contribution in [3.8, 4) is 5.75 Å². The van der Waals surface area contributed by atoms with E-state index in [2.05, 4.69) is 44.2 Å². The number of likely N-dealkylation sites (N-methyl/N-ethyl adjacent to an activating group) is 1. The summed E-state index contributed by atoms with van der Waals surface area (Å²) in [6.45, 7) is 2.40. The summed E-state index contributed by atoms with van der Waals surface area (Å²) in [5.41, 5.74) is 4.20. The van der Waals surface area contributed by atoms with Gasteiger partial charge in [-0.3, -0.25) is 0 Å². The molecule has 0 amide bonds. The summed E-state index contributed by atoms with van der Waals surface area (Å²) in [7, 11) is 0.633. The minimum absolute atomic E-state index is 0.199. The van der Waals surface area contributed by atoms with Gasteiger partial charge in [-0.1, -0.05) is 0 Å². The summed E-state index contributed by atoms with van der Waals surface area (Å²) in [6, 6.07) is 4.43. The normalized spacial score (nSPS) is 19.2. The number of rotatable bonds is 7. The molecule has 1 fully saturated rings. The topological polar surface area (TPSA) is 152 Å². The standard InChI is InChI=1S/C22H29N7O3S.C2HF3O2/c1-28-5-4-15-9-20(32-2)19(8-16(15)13-28)26-22-23-11-17-12-24-29(21(17)27-22)18-6-14(7-18)10-25-33(3,30)31;3-2(4,5)1(6)7/h8-9,11-12,14,18,25H,4-7,10,13H2,1-3H3,(H,23,26,27);(H,6,7)/t14-,18-;. The average Bonchev–Trinajstić information content (AvgIpc) is 3.24. The van der Waals surface area contributed by atoms with E-state index in [9.17, 15) is 21.6 Å². The highest BCUT2D eigenvalue weighted by Gasteiger charge is 2.38. The van der Waals surface area contributed by atoms with E-state index >= 15 is 0 Å². The van der Waals surface area contributed by atoms with E-state index in [1.807, 2.05) is 4.68 Å². The quantitative estimate of drug-likeness (QED) is 0.378. The zero-order valence-corrected chi connectivity index (χ0v) is 22.9. The molecule has 218 valence electrons. The Kier molecular flexibility index (Phi) is 8.51. The second-order valence-corrected chi connectivity index (χ2v) is 11.7. The number of methoxy groups -OCH3 is 1. The second-order valence-electron chi connectivity index (χ2n) is 9.91. The molecule has 0 radical (unpaired) electrons. The second kappa shape index (κ2) is 11.5. The van der Waals surface area contributed by atoms with Gasteiger partial charge in [0.05, 0.1) is 36.7 Å². The summed E-state index contributed by atoms with van der Waals surface area (Å²) >= 11 is 0. The number of carboxylic acids is 1. The molecule has 0 spiro atoms. The predicted molar refractivity (Wildman–Crippen MR) is 140 cm³/mol. The van der Waals surface area contributed by atoms with Crippen molar-refractivity contribution in [2.75, 3.05) is 38.8 Å². The van der Waals surface area contributed by atoms with Crippen LogP contribution in [0.1, 0.15) is 30.0 Å². The highest BCUT2D eigenvalue weighted by molar-refractivity contribution is 7.88. The Balaban J connectivity index is 0.000000470. The van der Waals surface area contributed by atoms with Crippen LogP contribution in [0.3, 0.4) is 0 Å². The molecule has 40 heavy (non-hydrogen) atoms. The third-order valence-corrected chi connectivity index (χ3v) is 7.43. The number of halogens is 3. The maximum absolute atomic E-state index is 11.3. The summed E-state index contributed by atoms with van der Waals surface area (Å²) < 4.78 is 64.5. The third kappa shape index (κ3) is 7.17. The number of alkyl halides is 3. The lowest BCUT2D eigenvalue weighted by atomic mass is 9.80. The minimum Gasteiger partial charge on any atom is -0.495 e. The van der Waals surface area contributed by atoms with Gasteiger partial charge in [-0.15, -0.1) is 0 Å². The van der Waals surface area contributed by atoms with E-state index in [4.69, 9.17) is 19.6 Å². The minimum atomic E-state index is -5.08. The molecular formula is C24H30F3N7O5S. The van der Waals surface area contributed by atoms with E-state index < -0.39 is 22.2 Å². The van der Waals surface area contributed by atoms with Gasteiger partial charge in [0.25, 0.3) is 0 Å². The van der Waals surface area contributed by atoms with Crippen molar-refractivity contribution in [1.29, 1.82) is 0 Å². The molecule has 0 saturated heterocycles. The number of aromatic nitrogens is 4. The molecule has 2 aromatic heterocycles. The number of fused-ring (bicyclic) bond motifs is 2. The first-order valence-corrected chi connectivity index (χ1v) is 14.2. The summed E-state index contributed by atoms with van der Waals surface area (Å²) in [5.74, 6) is -1.19. The van der Waals surface area contributed by atoms with Crippen LogP contribution in [0.4, 0.5) is 24.8 Å². The number of ether oxygens (including phenoxy) is 1. The lowest BCUT2D eigenvalue weighted by Gasteiger charge is -2.35. The van der Waals surface area contributed by atoms with Crippen LogP contribution in [0, 0.1) is 5.92 Å². The fourth-order valence-electron chi connectivity index (χ4n) is 4.61. The fraction of sp³-hybridized carbons (Fsp3) is 0.500. The van der Waals surface area contributed by atoms with Crippen LogP contribution >= 0.6 is 0 Å². The summed E-state index contributed by atoms with van der Waals surface area (Å²) in [4.78, 5) is 20.4. The van der Waals surface area contributed by atoms with Crippen molar-refractivity contribution in [2.45, 2.75) is 38.0 Å². The summed E-state index contributed by atoms with van der Waals surface area (Å²) in [5, 5.41) is 15.9. The number of hydrogen-bond acceptors (Lipinski definition) is 9. The van der Waals surface area contributed by atoms with Gasteiger partial charge in [-0.25, -0.2) is 27.6 Å². The highest BCUT2D eigenvalue weighted by Crippen LogP contribution is 2.39. The molecule has 16 heteroatoms. The number of nitrogens with zero attached hydrogens (tertiary/aromatic N) is 5. The van der Waals surface area contributed by atoms with E-state index in [0.717, 1.165) is 54.8 Å². The number of benzene rings is 1. The smallest absolute Gasteiger partial charge is 0.490 e. The number of carbonyl (C=O) groups is 1. The van der Waals surface area contributed by atoms with Crippen molar-refractivity contribution in [3.05, 3.63) is 35.7 Å². The molecule has 3 heterocycles. The molecule has 5 rings (SSSR count). The highest BCUT2D eigenvalue weighted by atomic mass is 32.2. The molecule has 2 aliphatic rings. The first-order valence-electron chi connectivity index (χ1n) is 12.3. The Morgan fingerprint density at radius 2 is 1.93 bits per heavy atom. The maximum Gasteiger partial charge on any atom is 0.490 e. The molecule has 1 saturated carbocycles. The van der Waals surface area contributed by atoms with Gasteiger partial charge >= 0.3 is 12.1 Å². The van der Waals surface area contributed by atoms with Gasteiger partial charge in [0.2, 0.25) is 16.0 Å². The number of carboxylic acid groups (broad SMARTS) is 1. The molecule has 0 bridgehead atoms. The van der Waals surface area contributed by atoms with E-state index in [1.54, 1.807) is 19.5 Å². The zero-order valence-electron chi connectivity index (χ0n) is 22.1. The van der Waals surface area contributed by atoms with Crippen LogP contribution in [0.5, 0.6) is 5.75 Å². The number of sulfonamides is 1. The fourth-order valence-corrected chi connectivity index (χ4v) is 5.15. The Morgan fingerprint density at radius 1 is 1.23 bits per heavy atom. The molecule has 12 nitrogen and oxygen atoms in total. The van der Waals surface area contributed by atoms with E-state index in [0.29, 0.717) is 18.4 Å². The van der Waals surface area contributed by atoms with Crippen LogP contribution in [-0.4, -0.2) is 83.8 Å². The van der Waals surface area contributed by atoms with E-state index in [-0.39, 0.29) is 6.04 Å². The third-order valence-electron chi connectivity index (χ3n) is 6.74. The van der Waals surface area contributed by atoms with Crippen LogP contribution < -0.4 is 14.8 Å². The van der Waals surface area contributed by atoms with Gasteiger partial charge in [-0.05, 0) is 55.5 Å². The van der Waals surface area contributed by atoms with Crippen molar-refractivity contribution >= 4 is 38.7 Å². The Morgan fingerprint density at radius 3 is 2.55 bits per heavy atom. The predicted octanol–water partition coefficient (Wildman–Crippen LogP) is 2.70. The number of nitrogens with one attached hydrogen (secondary N) is 2. The average molecular weight is 586 g/mol. The number of aliphatic carboxylic acids is 1. The van der Waals surface area contributed by atoms with Crippen LogP contribution in [0.25, 0.3) is 11.0 Å². The first-order chi connectivity index (χ1) is 18.7. The Bertz CT molecular complexity index is 1490. The Hall–Kier alpha value is -3.50. The zero-order chi connectivity index (χ0) is 29.2. The first kappa shape index (κ1) is 29.5. The van der Waals surface area contributed by atoms with Crippen molar-refractivity contribution in [1.82, 2.24) is 29.4 Å². The lowest BCUT2D eigenvalue weighted by Crippen LogP contribution is -2.37. The monoisotopic (exact) mass is 585 g/mol. The van der Waals surface area contributed by atoms with Gasteiger partial charge in [-0.2, -0.15) is 23.3 Å². The molecule has 1 aromatic carbocycles. The molecule has 0 atom stereocenters. The van der Waals surface area contributed by atoms with Gasteiger partial charge < -0.3 is 20.1 Å². The van der Waals surface area contributed by atoms with E-state index in [1.165, 1.54) is 17.4 Å². The molecule has 1 aliphatic heterocycles. The van der Waals surface area contributed by atoms with Crippen molar-refractivity contribution in [3.63, 3.8) is 0 Å². The molecule has 1 aliphatic carbocycles. The van der Waals surface area contributed by atoms with Crippen molar-refractivity contribution in [2.24, 2.45) is 5.92 Å². The molecule has 3 aromatic rings. The van der Waals surface area contributed by atoms with Gasteiger partial charge in [0, 0.05) is 25.8 Å². The van der Waals surface area contributed by atoms with Crippen LogP contribution in [0.2, 0.25) is 0 Å². The van der Waals surface area contributed by atoms with Crippen LogP contribution in [-0.2, 0) is 27.8 Å². The molecular weight excluding hydrogens is 555 g/mol. The SMILES string of the molecule is COc1cc2c(cc1Nc1ncc3cnn([C@H]4C[C@H](CNS(C)(=O)=O)C4)c3n1)CN(C)CC2.O=C(O)C(F)(F)F. The Labute approximate surface area is 228 Å². The lowest BCUT2D eigenvalue weighted by molar-refractivity contribution is -0.192. The van der Waals surface area contributed by atoms with Crippen LogP contribution in [0.15, 0.2) is 24.5 Å². The maximum atomic E-state index is 11.3. The number of anilines is 2. The van der Waals surface area contributed by atoms with Gasteiger partial charge in [0.15, 0.2) is 5.65 Å². The largest absolute Gasteiger partial charge is 0.495 e. The molecule has 0 unspecified atom stereocenters. The summed E-state index contributed by atoms with van der Waals surface area (Å²) in [6.07, 6.45) is 2.37. The van der Waals surface area contributed by atoms with Crippen molar-refractivity contribution < 1.29 is 36.2 Å². The number of hydrogen-bond donors (Lipinski definition) is 3.